The number of hydrogen-bond donors (Lipinski definition) is 1. The monoisotopic (exact) mass is 352 g/mol. The van der Waals surface area contributed by atoms with Gasteiger partial charge in [0.15, 0.2) is 0 Å². The van der Waals surface area contributed by atoms with Crippen LogP contribution in [0.25, 0.3) is 0 Å². The average molecular weight is 353 g/mol. The molecule has 2 aromatic rings. The Morgan fingerprint density at radius 2 is 2.21 bits per heavy atom. The molecule has 1 saturated heterocycles. The highest BCUT2D eigenvalue weighted by Gasteiger charge is 2.37. The molecule has 0 amide bonds. The van der Waals surface area contributed by atoms with Crippen molar-refractivity contribution in [2.45, 2.75) is 44.9 Å². The summed E-state index contributed by atoms with van der Waals surface area (Å²) in [6.45, 7) is 5.92. The number of aromatic nitrogens is 3. The van der Waals surface area contributed by atoms with Crippen LogP contribution in [0.5, 0.6) is 0 Å². The maximum atomic E-state index is 13.2. The molecule has 1 aliphatic heterocycles. The molecule has 5 nitrogen and oxygen atoms in total. The van der Waals surface area contributed by atoms with Gasteiger partial charge in [-0.2, -0.15) is 0 Å². The lowest BCUT2D eigenvalue weighted by atomic mass is 9.89. The summed E-state index contributed by atoms with van der Waals surface area (Å²) in [5.74, 6) is -0.343. The van der Waals surface area contributed by atoms with Gasteiger partial charge >= 0.3 is 0 Å². The molecule has 1 aromatic carbocycles. The van der Waals surface area contributed by atoms with Crippen molar-refractivity contribution in [3.63, 3.8) is 0 Å². The van der Waals surface area contributed by atoms with Gasteiger partial charge < -0.3 is 5.11 Å². The summed E-state index contributed by atoms with van der Waals surface area (Å²) in [5.41, 5.74) is 0.442. The van der Waals surface area contributed by atoms with E-state index >= 15 is 0 Å². The highest BCUT2D eigenvalue weighted by Crippen LogP contribution is 2.32. The molecule has 0 spiro atoms. The minimum absolute atomic E-state index is 0.201. The van der Waals surface area contributed by atoms with Gasteiger partial charge in [-0.05, 0) is 50.9 Å². The van der Waals surface area contributed by atoms with E-state index in [-0.39, 0.29) is 11.9 Å². The zero-order valence-electron chi connectivity index (χ0n) is 13.9. The first kappa shape index (κ1) is 17.3. The van der Waals surface area contributed by atoms with Crippen molar-refractivity contribution in [2.24, 2.45) is 0 Å². The molecule has 1 atom stereocenters. The van der Waals surface area contributed by atoms with Gasteiger partial charge in [0.2, 0.25) is 0 Å². The number of likely N-dealkylation sites (tertiary alicyclic amines) is 1. The molecule has 0 bridgehead atoms. The van der Waals surface area contributed by atoms with Crippen LogP contribution in [0.2, 0.25) is 5.02 Å². The Bertz CT molecular complexity index is 720. The zero-order chi connectivity index (χ0) is 17.3. The van der Waals surface area contributed by atoms with Gasteiger partial charge in [-0.3, -0.25) is 4.90 Å². The molecule has 1 N–H and O–H groups in total. The molecule has 130 valence electrons. The Kier molecular flexibility index (Phi) is 4.90. The van der Waals surface area contributed by atoms with E-state index in [1.165, 1.54) is 12.1 Å². The van der Waals surface area contributed by atoms with E-state index in [0.717, 1.165) is 18.5 Å². The summed E-state index contributed by atoms with van der Waals surface area (Å²) in [7, 11) is 0. The first-order valence-corrected chi connectivity index (χ1v) is 8.56. The third kappa shape index (κ3) is 3.61. The standard InChI is InChI=1S/C17H22ClFN4O/c1-12(2)23-10-16(20-21-23)17(24)6-3-7-22(11-17)9-13-4-5-14(19)8-15(13)18/h4-5,8,10,12,24H,3,6-7,9,11H2,1-2H3/t17-/m0/s1. The molecule has 1 aromatic heterocycles. The molecular weight excluding hydrogens is 331 g/mol. The first-order valence-electron chi connectivity index (χ1n) is 8.18. The maximum absolute atomic E-state index is 13.2. The first-order chi connectivity index (χ1) is 11.4. The quantitative estimate of drug-likeness (QED) is 0.918. The van der Waals surface area contributed by atoms with Crippen LogP contribution in [-0.2, 0) is 12.1 Å². The summed E-state index contributed by atoms with van der Waals surface area (Å²) < 4.78 is 14.9. The predicted molar refractivity (Wildman–Crippen MR) is 90.2 cm³/mol. The number of hydrogen-bond acceptors (Lipinski definition) is 4. The molecule has 1 aliphatic rings. The molecule has 2 heterocycles. The van der Waals surface area contributed by atoms with E-state index in [2.05, 4.69) is 15.2 Å². The fraction of sp³-hybridized carbons (Fsp3) is 0.529. The van der Waals surface area contributed by atoms with Crippen LogP contribution in [0, 0.1) is 5.82 Å². The number of nitrogens with zero attached hydrogens (tertiary/aromatic N) is 4. The number of benzene rings is 1. The molecule has 0 unspecified atom stereocenters. The van der Waals surface area contributed by atoms with Crippen LogP contribution in [0.15, 0.2) is 24.4 Å². The van der Waals surface area contributed by atoms with Crippen molar-refractivity contribution in [3.8, 4) is 0 Å². The Hall–Kier alpha value is -1.50. The fourth-order valence-electron chi connectivity index (χ4n) is 3.10. The Morgan fingerprint density at radius 3 is 2.88 bits per heavy atom. The second kappa shape index (κ2) is 6.78. The predicted octanol–water partition coefficient (Wildman–Crippen LogP) is 3.14. The second-order valence-electron chi connectivity index (χ2n) is 6.76. The molecule has 24 heavy (non-hydrogen) atoms. The minimum Gasteiger partial charge on any atom is -0.382 e. The molecule has 3 rings (SSSR count). The van der Waals surface area contributed by atoms with Gasteiger partial charge in [-0.25, -0.2) is 9.07 Å². The van der Waals surface area contributed by atoms with Crippen LogP contribution in [0.3, 0.4) is 0 Å². The molecule has 1 fully saturated rings. The molecule has 0 radical (unpaired) electrons. The van der Waals surface area contributed by atoms with E-state index < -0.39 is 5.60 Å². The normalized spacial score (nSPS) is 22.2. The van der Waals surface area contributed by atoms with Crippen molar-refractivity contribution in [3.05, 3.63) is 46.5 Å². The van der Waals surface area contributed by atoms with Crippen LogP contribution in [0.1, 0.15) is 44.0 Å². The van der Waals surface area contributed by atoms with Crippen molar-refractivity contribution in [1.29, 1.82) is 0 Å². The Morgan fingerprint density at radius 1 is 1.42 bits per heavy atom. The van der Waals surface area contributed by atoms with E-state index in [9.17, 15) is 9.50 Å². The topological polar surface area (TPSA) is 54.2 Å². The van der Waals surface area contributed by atoms with E-state index in [1.54, 1.807) is 10.7 Å². The summed E-state index contributed by atoms with van der Waals surface area (Å²) >= 11 is 6.12. The number of aliphatic hydroxyl groups is 1. The minimum atomic E-state index is -1.02. The van der Waals surface area contributed by atoms with Gasteiger partial charge in [0.1, 0.15) is 17.1 Å². The number of β-amino-alcohol motifs (C(OH)–C–C–N with tert-alkyl or cyclic N) is 1. The summed E-state index contributed by atoms with van der Waals surface area (Å²) in [4.78, 5) is 2.12. The van der Waals surface area contributed by atoms with E-state index in [0.29, 0.717) is 30.2 Å². The van der Waals surface area contributed by atoms with Gasteiger partial charge in [-0.1, -0.05) is 22.9 Å². The fourth-order valence-corrected chi connectivity index (χ4v) is 3.33. The van der Waals surface area contributed by atoms with Gasteiger partial charge in [0.25, 0.3) is 0 Å². The van der Waals surface area contributed by atoms with Gasteiger partial charge in [-0.15, -0.1) is 5.10 Å². The van der Waals surface area contributed by atoms with Crippen LogP contribution in [0.4, 0.5) is 4.39 Å². The maximum Gasteiger partial charge on any atom is 0.124 e. The van der Waals surface area contributed by atoms with Crippen molar-refractivity contribution in [2.75, 3.05) is 13.1 Å². The Labute approximate surface area is 146 Å². The van der Waals surface area contributed by atoms with Crippen LogP contribution < -0.4 is 0 Å². The summed E-state index contributed by atoms with van der Waals surface area (Å²) in [6.07, 6.45) is 3.32. The van der Waals surface area contributed by atoms with Gasteiger partial charge in [0.05, 0.1) is 6.20 Å². The lowest BCUT2D eigenvalue weighted by Gasteiger charge is -2.38. The average Bonchev–Trinajstić information content (AvgIpc) is 3.01. The second-order valence-corrected chi connectivity index (χ2v) is 7.17. The molecule has 0 aliphatic carbocycles. The number of halogens is 2. The zero-order valence-corrected chi connectivity index (χ0v) is 14.7. The molecule has 7 heteroatoms. The highest BCUT2D eigenvalue weighted by molar-refractivity contribution is 6.31. The van der Waals surface area contributed by atoms with Gasteiger partial charge in [0, 0.05) is 24.2 Å². The highest BCUT2D eigenvalue weighted by atomic mass is 35.5. The van der Waals surface area contributed by atoms with E-state index in [4.69, 9.17) is 11.6 Å². The molecule has 0 saturated carbocycles. The van der Waals surface area contributed by atoms with Crippen molar-refractivity contribution >= 4 is 11.6 Å². The Balaban J connectivity index is 1.75. The third-order valence-corrected chi connectivity index (χ3v) is 4.83. The smallest absolute Gasteiger partial charge is 0.124 e. The SMILES string of the molecule is CC(C)n1cc([C@]2(O)CCCN(Cc3ccc(F)cc3Cl)C2)nn1. The molecular formula is C17H22ClFN4O. The van der Waals surface area contributed by atoms with E-state index in [1.807, 2.05) is 20.0 Å². The lowest BCUT2D eigenvalue weighted by Crippen LogP contribution is -2.46. The van der Waals surface area contributed by atoms with Crippen molar-refractivity contribution < 1.29 is 9.50 Å². The van der Waals surface area contributed by atoms with Crippen molar-refractivity contribution in [1.82, 2.24) is 19.9 Å². The third-order valence-electron chi connectivity index (χ3n) is 4.48. The summed E-state index contributed by atoms with van der Waals surface area (Å²) in [6, 6.07) is 4.63. The largest absolute Gasteiger partial charge is 0.382 e. The number of rotatable bonds is 4. The summed E-state index contributed by atoms with van der Waals surface area (Å²) in [5, 5.41) is 19.7. The van der Waals surface area contributed by atoms with Crippen LogP contribution in [-0.4, -0.2) is 38.1 Å². The lowest BCUT2D eigenvalue weighted by molar-refractivity contribution is -0.0414. The van der Waals surface area contributed by atoms with Crippen LogP contribution >= 0.6 is 11.6 Å². The number of piperidine rings is 1.